The van der Waals surface area contributed by atoms with Crippen LogP contribution in [0, 0.1) is 23.2 Å². The van der Waals surface area contributed by atoms with Gasteiger partial charge in [0.05, 0.1) is 36.1 Å². The minimum absolute atomic E-state index is 0.0246. The van der Waals surface area contributed by atoms with Gasteiger partial charge in [-0.05, 0) is 43.4 Å². The van der Waals surface area contributed by atoms with Gasteiger partial charge in [0.25, 0.3) is 10.2 Å². The quantitative estimate of drug-likeness (QED) is 0.519. The SMILES string of the molecule is N#CC1CN(S(=O)(=O)N2CCC[C@H](C(=O)N3CCC[C@@H]3C(=O)NC(CO)c3cccc(C(F)(F)F)c3)C2)C1. The van der Waals surface area contributed by atoms with Crippen LogP contribution in [0.2, 0.25) is 0 Å². The zero-order chi connectivity index (χ0) is 27.7. The van der Waals surface area contributed by atoms with Crippen LogP contribution in [0.15, 0.2) is 24.3 Å². The molecule has 0 aliphatic carbocycles. The van der Waals surface area contributed by atoms with Gasteiger partial charge in [0, 0.05) is 32.7 Å². The number of hydrogen-bond donors (Lipinski definition) is 2. The van der Waals surface area contributed by atoms with Crippen LogP contribution in [0.1, 0.15) is 42.9 Å². The summed E-state index contributed by atoms with van der Waals surface area (Å²) in [5.41, 5.74) is -0.817. The Labute approximate surface area is 219 Å². The van der Waals surface area contributed by atoms with E-state index in [2.05, 4.69) is 5.32 Å². The van der Waals surface area contributed by atoms with Crippen LogP contribution in [0.25, 0.3) is 0 Å². The smallest absolute Gasteiger partial charge is 0.394 e. The summed E-state index contributed by atoms with van der Waals surface area (Å²) >= 11 is 0. The van der Waals surface area contributed by atoms with Crippen LogP contribution < -0.4 is 5.32 Å². The number of aliphatic hydroxyl groups is 1. The monoisotopic (exact) mass is 557 g/mol. The molecule has 38 heavy (non-hydrogen) atoms. The molecule has 4 rings (SSSR count). The number of benzene rings is 1. The molecule has 1 aromatic rings. The van der Waals surface area contributed by atoms with Gasteiger partial charge in [-0.3, -0.25) is 9.59 Å². The fourth-order valence-electron chi connectivity index (χ4n) is 5.20. The summed E-state index contributed by atoms with van der Waals surface area (Å²) in [5, 5.41) is 21.3. The maximum Gasteiger partial charge on any atom is 0.416 e. The van der Waals surface area contributed by atoms with E-state index in [-0.39, 0.29) is 43.6 Å². The highest BCUT2D eigenvalue weighted by atomic mass is 32.2. The largest absolute Gasteiger partial charge is 0.416 e. The third-order valence-electron chi connectivity index (χ3n) is 7.37. The Bertz CT molecular complexity index is 1200. The van der Waals surface area contributed by atoms with Crippen LogP contribution in [-0.2, 0) is 26.0 Å². The second-order valence-electron chi connectivity index (χ2n) is 9.90. The molecule has 0 saturated carbocycles. The Balaban J connectivity index is 1.41. The number of hydrogen-bond acceptors (Lipinski definition) is 6. The van der Waals surface area contributed by atoms with E-state index in [1.165, 1.54) is 25.6 Å². The van der Waals surface area contributed by atoms with Gasteiger partial charge in [-0.2, -0.15) is 35.5 Å². The van der Waals surface area contributed by atoms with E-state index in [1.54, 1.807) is 0 Å². The summed E-state index contributed by atoms with van der Waals surface area (Å²) < 4.78 is 67.7. The second kappa shape index (κ2) is 11.2. The molecule has 10 nitrogen and oxygen atoms in total. The van der Waals surface area contributed by atoms with E-state index in [4.69, 9.17) is 5.26 Å². The fraction of sp³-hybridized carbons (Fsp3) is 0.625. The van der Waals surface area contributed by atoms with Crippen LogP contribution in [0.4, 0.5) is 13.2 Å². The van der Waals surface area contributed by atoms with Gasteiger partial charge in [0.1, 0.15) is 6.04 Å². The molecular formula is C24H30F3N5O5S. The molecule has 208 valence electrons. The van der Waals surface area contributed by atoms with Crippen LogP contribution >= 0.6 is 0 Å². The molecule has 0 radical (unpaired) electrons. The van der Waals surface area contributed by atoms with Gasteiger partial charge in [0.2, 0.25) is 11.8 Å². The molecule has 3 fully saturated rings. The van der Waals surface area contributed by atoms with E-state index in [9.17, 15) is 36.3 Å². The summed E-state index contributed by atoms with van der Waals surface area (Å²) in [6.45, 7) is 0.151. The Morgan fingerprint density at radius 3 is 2.50 bits per heavy atom. The summed E-state index contributed by atoms with van der Waals surface area (Å²) in [6.07, 6.45) is -2.77. The molecule has 0 bridgehead atoms. The predicted molar refractivity (Wildman–Crippen MR) is 128 cm³/mol. The first-order chi connectivity index (χ1) is 18.0. The lowest BCUT2D eigenvalue weighted by atomic mass is 9.97. The van der Waals surface area contributed by atoms with E-state index < -0.39 is 52.5 Å². The summed E-state index contributed by atoms with van der Waals surface area (Å²) in [6, 6.07) is 4.41. The van der Waals surface area contributed by atoms with Gasteiger partial charge in [0.15, 0.2) is 0 Å². The first-order valence-electron chi connectivity index (χ1n) is 12.5. The number of alkyl halides is 3. The Morgan fingerprint density at radius 1 is 1.13 bits per heavy atom. The lowest BCUT2D eigenvalue weighted by molar-refractivity contribution is -0.143. The van der Waals surface area contributed by atoms with Gasteiger partial charge in [-0.25, -0.2) is 0 Å². The molecule has 1 aromatic carbocycles. The molecule has 3 heterocycles. The lowest BCUT2D eigenvalue weighted by Gasteiger charge is -2.41. The fourth-order valence-corrected chi connectivity index (χ4v) is 6.99. The number of rotatable bonds is 7. The second-order valence-corrected chi connectivity index (χ2v) is 11.8. The zero-order valence-corrected chi connectivity index (χ0v) is 21.4. The molecule has 2 N–H and O–H groups in total. The maximum atomic E-state index is 13.4. The van der Waals surface area contributed by atoms with Crippen molar-refractivity contribution in [2.24, 2.45) is 11.8 Å². The molecule has 1 unspecified atom stereocenters. The number of nitriles is 1. The number of amides is 2. The molecule has 0 aromatic heterocycles. The minimum atomic E-state index is -4.58. The molecule has 0 spiro atoms. The summed E-state index contributed by atoms with van der Waals surface area (Å²) in [7, 11) is -3.79. The first-order valence-corrected chi connectivity index (χ1v) is 13.9. The first kappa shape index (κ1) is 28.3. The lowest BCUT2D eigenvalue weighted by Crippen LogP contribution is -2.57. The number of aliphatic hydroxyl groups excluding tert-OH is 1. The van der Waals surface area contributed by atoms with Crippen molar-refractivity contribution in [2.75, 3.05) is 39.3 Å². The van der Waals surface area contributed by atoms with Crippen molar-refractivity contribution in [1.29, 1.82) is 5.26 Å². The van der Waals surface area contributed by atoms with E-state index in [0.29, 0.717) is 32.2 Å². The standard InChI is InChI=1S/C24H30F3N5O5S/c25-24(26,27)19-6-1-4-17(10-19)20(15-33)29-22(34)21-7-3-9-32(21)23(35)18-5-2-8-30(14-18)38(36,37)31-12-16(11-28)13-31/h1,4,6,10,16,18,20-21,33H,2-3,5,7-9,12-15H2,(H,29,34)/t18-,20?,21+/m0/s1. The molecular weight excluding hydrogens is 527 g/mol. The van der Waals surface area contributed by atoms with Gasteiger partial charge in [-0.15, -0.1) is 0 Å². The van der Waals surface area contributed by atoms with Crippen molar-refractivity contribution in [2.45, 2.75) is 43.9 Å². The Hall–Kier alpha value is -2.73. The average Bonchev–Trinajstić information content (AvgIpc) is 3.36. The van der Waals surface area contributed by atoms with Crippen molar-refractivity contribution < 1.29 is 36.3 Å². The van der Waals surface area contributed by atoms with Gasteiger partial charge < -0.3 is 15.3 Å². The highest BCUT2D eigenvalue weighted by Gasteiger charge is 2.44. The highest BCUT2D eigenvalue weighted by molar-refractivity contribution is 7.86. The number of carbonyl (C=O) groups is 2. The molecule has 3 aliphatic rings. The van der Waals surface area contributed by atoms with Crippen molar-refractivity contribution in [3.8, 4) is 6.07 Å². The molecule has 2 amide bonds. The van der Waals surface area contributed by atoms with Crippen molar-refractivity contribution >= 4 is 22.0 Å². The van der Waals surface area contributed by atoms with Crippen LogP contribution in [0.3, 0.4) is 0 Å². The topological polar surface area (TPSA) is 134 Å². The summed E-state index contributed by atoms with van der Waals surface area (Å²) in [4.78, 5) is 27.9. The number of carbonyl (C=O) groups excluding carboxylic acids is 2. The normalized spacial score (nSPS) is 24.4. The van der Waals surface area contributed by atoms with Crippen LogP contribution in [-0.4, -0.2) is 84.2 Å². The number of likely N-dealkylation sites (tertiary alicyclic amines) is 1. The van der Waals surface area contributed by atoms with E-state index >= 15 is 0 Å². The summed E-state index contributed by atoms with van der Waals surface area (Å²) in [5.74, 6) is -1.91. The van der Waals surface area contributed by atoms with Crippen molar-refractivity contribution in [1.82, 2.24) is 18.8 Å². The van der Waals surface area contributed by atoms with Gasteiger partial charge >= 0.3 is 6.18 Å². The number of piperidine rings is 1. The molecule has 3 aliphatic heterocycles. The van der Waals surface area contributed by atoms with Crippen molar-refractivity contribution in [3.63, 3.8) is 0 Å². The zero-order valence-electron chi connectivity index (χ0n) is 20.6. The van der Waals surface area contributed by atoms with Crippen molar-refractivity contribution in [3.05, 3.63) is 35.4 Å². The Morgan fingerprint density at radius 2 is 1.84 bits per heavy atom. The van der Waals surface area contributed by atoms with E-state index in [1.807, 2.05) is 6.07 Å². The molecule has 14 heteroatoms. The average molecular weight is 558 g/mol. The third kappa shape index (κ3) is 5.80. The third-order valence-corrected chi connectivity index (χ3v) is 9.31. The van der Waals surface area contributed by atoms with Crippen LogP contribution in [0.5, 0.6) is 0 Å². The number of nitrogens with one attached hydrogen (secondary N) is 1. The maximum absolute atomic E-state index is 13.4. The number of halogens is 3. The van der Waals surface area contributed by atoms with Gasteiger partial charge in [-0.1, -0.05) is 12.1 Å². The Kier molecular flexibility index (Phi) is 8.32. The van der Waals surface area contributed by atoms with E-state index in [0.717, 1.165) is 12.1 Å². The highest BCUT2D eigenvalue weighted by Crippen LogP contribution is 2.32. The minimum Gasteiger partial charge on any atom is -0.394 e. The molecule has 3 saturated heterocycles. The predicted octanol–water partition coefficient (Wildman–Crippen LogP) is 1.26. The number of nitrogens with zero attached hydrogens (tertiary/aromatic N) is 4. The molecule has 3 atom stereocenters.